The number of nitrogens with zero attached hydrogens (tertiary/aromatic N) is 3. The van der Waals surface area contributed by atoms with E-state index in [-0.39, 0.29) is 11.5 Å². The first kappa shape index (κ1) is 20.7. The molecule has 0 aliphatic carbocycles. The van der Waals surface area contributed by atoms with Gasteiger partial charge >= 0.3 is 0 Å². The zero-order valence-electron chi connectivity index (χ0n) is 18.5. The van der Waals surface area contributed by atoms with Gasteiger partial charge in [-0.2, -0.15) is 5.10 Å². The van der Waals surface area contributed by atoms with Gasteiger partial charge in [-0.1, -0.05) is 66.7 Å². The molecule has 0 spiro atoms. The van der Waals surface area contributed by atoms with Crippen LogP contribution in [0.15, 0.2) is 101 Å². The molecule has 33 heavy (non-hydrogen) atoms. The fourth-order valence-corrected chi connectivity index (χ4v) is 4.59. The van der Waals surface area contributed by atoms with Gasteiger partial charge in [0, 0.05) is 22.9 Å². The van der Waals surface area contributed by atoms with Gasteiger partial charge in [-0.3, -0.25) is 14.7 Å². The highest BCUT2D eigenvalue weighted by molar-refractivity contribution is 6.15. The van der Waals surface area contributed by atoms with E-state index < -0.39 is 11.8 Å². The van der Waals surface area contributed by atoms with Crippen LogP contribution in [0.4, 0.5) is 5.69 Å². The number of rotatable bonds is 5. The lowest BCUT2D eigenvalue weighted by Crippen LogP contribution is -2.34. The van der Waals surface area contributed by atoms with E-state index in [1.54, 1.807) is 4.68 Å². The fraction of sp³-hybridized carbons (Fsp3) is 0.148. The van der Waals surface area contributed by atoms with Crippen LogP contribution in [-0.2, 0) is 4.79 Å². The molecule has 3 aromatic carbocycles. The van der Waals surface area contributed by atoms with Gasteiger partial charge in [0.15, 0.2) is 0 Å². The third-order valence-corrected chi connectivity index (χ3v) is 6.12. The van der Waals surface area contributed by atoms with E-state index in [4.69, 9.17) is 0 Å². The minimum atomic E-state index is -0.584. The maximum atomic E-state index is 13.7. The van der Waals surface area contributed by atoms with Crippen molar-refractivity contribution in [3.63, 3.8) is 0 Å². The lowest BCUT2D eigenvalue weighted by Gasteiger charge is -2.23. The van der Waals surface area contributed by atoms with Crippen molar-refractivity contribution in [1.82, 2.24) is 9.78 Å². The number of aromatic nitrogens is 2. The van der Waals surface area contributed by atoms with E-state index >= 15 is 0 Å². The second-order valence-electron chi connectivity index (χ2n) is 8.22. The van der Waals surface area contributed by atoms with Crippen molar-refractivity contribution >= 4 is 17.3 Å². The average molecular weight is 437 g/mol. The molecular formula is C27H24N4O2. The Labute approximate surface area is 191 Å². The molecule has 2 unspecified atom stereocenters. The Kier molecular flexibility index (Phi) is 5.26. The van der Waals surface area contributed by atoms with Crippen molar-refractivity contribution in [1.29, 1.82) is 0 Å². The van der Waals surface area contributed by atoms with Crippen LogP contribution >= 0.6 is 0 Å². The van der Waals surface area contributed by atoms with Crippen LogP contribution in [0.25, 0.3) is 5.69 Å². The van der Waals surface area contributed by atoms with Crippen LogP contribution in [0, 0.1) is 12.8 Å². The molecule has 4 aromatic rings. The maximum absolute atomic E-state index is 13.7. The first-order valence-electron chi connectivity index (χ1n) is 10.9. The number of carbonyl (C=O) groups excluding carboxylic acids is 1. The molecule has 0 fully saturated rings. The van der Waals surface area contributed by atoms with Crippen molar-refractivity contribution < 1.29 is 4.79 Å². The fourth-order valence-electron chi connectivity index (χ4n) is 4.59. The van der Waals surface area contributed by atoms with Crippen LogP contribution in [-0.4, -0.2) is 21.4 Å². The summed E-state index contributed by atoms with van der Waals surface area (Å²) in [4.78, 5) is 27.4. The van der Waals surface area contributed by atoms with Gasteiger partial charge < -0.3 is 0 Å². The van der Waals surface area contributed by atoms with E-state index in [0.29, 0.717) is 17.0 Å². The van der Waals surface area contributed by atoms with E-state index in [9.17, 15) is 9.59 Å². The van der Waals surface area contributed by atoms with Crippen molar-refractivity contribution in [2.24, 2.45) is 11.0 Å². The summed E-state index contributed by atoms with van der Waals surface area (Å²) in [5, 5.41) is 9.27. The number of H-pyrrole nitrogens is 1. The molecule has 2 atom stereocenters. The third-order valence-electron chi connectivity index (χ3n) is 6.12. The SMILES string of the molecule is CC1=NN(c2ccccc2)C(=O)C1C(c1ccccc1)c1c(C)[nH]n(-c2ccccc2)c1=O. The Morgan fingerprint density at radius 1 is 0.788 bits per heavy atom. The van der Waals surface area contributed by atoms with Gasteiger partial charge in [0.2, 0.25) is 0 Å². The quantitative estimate of drug-likeness (QED) is 0.495. The summed E-state index contributed by atoms with van der Waals surface area (Å²) >= 11 is 0. The van der Waals surface area contributed by atoms with Crippen molar-refractivity contribution in [2.75, 3.05) is 5.01 Å². The number of benzene rings is 3. The number of aromatic amines is 1. The number of para-hydroxylation sites is 2. The molecule has 6 heteroatoms. The molecule has 1 aromatic heterocycles. The van der Waals surface area contributed by atoms with Gasteiger partial charge in [0.1, 0.15) is 0 Å². The van der Waals surface area contributed by atoms with Crippen molar-refractivity contribution in [3.8, 4) is 5.69 Å². The highest BCUT2D eigenvalue weighted by Crippen LogP contribution is 2.38. The minimum Gasteiger partial charge on any atom is -0.295 e. The van der Waals surface area contributed by atoms with Gasteiger partial charge in [-0.05, 0) is 43.7 Å². The van der Waals surface area contributed by atoms with Gasteiger partial charge in [0.25, 0.3) is 11.5 Å². The predicted octanol–water partition coefficient (Wildman–Crippen LogP) is 4.64. The zero-order valence-corrected chi connectivity index (χ0v) is 18.5. The number of aryl methyl sites for hydroxylation is 1. The van der Waals surface area contributed by atoms with Gasteiger partial charge in [0.05, 0.1) is 17.3 Å². The molecule has 5 rings (SSSR count). The monoisotopic (exact) mass is 436 g/mol. The Balaban J connectivity index is 1.66. The lowest BCUT2D eigenvalue weighted by atomic mass is 9.78. The summed E-state index contributed by atoms with van der Waals surface area (Å²) < 4.78 is 1.54. The first-order valence-corrected chi connectivity index (χ1v) is 10.9. The van der Waals surface area contributed by atoms with Crippen molar-refractivity contribution in [2.45, 2.75) is 19.8 Å². The Bertz CT molecular complexity index is 1370. The Morgan fingerprint density at radius 2 is 1.33 bits per heavy atom. The number of amides is 1. The molecule has 6 nitrogen and oxygen atoms in total. The highest BCUT2D eigenvalue weighted by Gasteiger charge is 2.43. The molecule has 0 bridgehead atoms. The normalized spacial score (nSPS) is 16.7. The molecule has 0 saturated carbocycles. The molecular weight excluding hydrogens is 412 g/mol. The summed E-state index contributed by atoms with van der Waals surface area (Å²) in [7, 11) is 0. The molecule has 1 aliphatic rings. The number of hydrazone groups is 1. The van der Waals surface area contributed by atoms with E-state index in [1.165, 1.54) is 5.01 Å². The Morgan fingerprint density at radius 3 is 1.94 bits per heavy atom. The minimum absolute atomic E-state index is 0.140. The largest absolute Gasteiger partial charge is 0.295 e. The number of nitrogens with one attached hydrogen (secondary N) is 1. The van der Waals surface area contributed by atoms with E-state index in [1.807, 2.05) is 105 Å². The van der Waals surface area contributed by atoms with Gasteiger partial charge in [-0.25, -0.2) is 9.69 Å². The average Bonchev–Trinajstić information content (AvgIpc) is 3.31. The van der Waals surface area contributed by atoms with Crippen LogP contribution < -0.4 is 10.6 Å². The summed E-state index contributed by atoms with van der Waals surface area (Å²) in [6.07, 6.45) is 0. The molecule has 2 heterocycles. The molecule has 164 valence electrons. The Hall–Kier alpha value is -4.19. The zero-order chi connectivity index (χ0) is 22.9. The summed E-state index contributed by atoms with van der Waals surface area (Å²) in [6.45, 7) is 3.74. The number of hydrogen-bond acceptors (Lipinski definition) is 3. The highest BCUT2D eigenvalue weighted by atomic mass is 16.2. The van der Waals surface area contributed by atoms with Crippen LogP contribution in [0.1, 0.15) is 29.7 Å². The first-order chi connectivity index (χ1) is 16.1. The summed E-state index contributed by atoms with van der Waals surface area (Å²) in [5.74, 6) is -1.19. The van der Waals surface area contributed by atoms with Crippen molar-refractivity contribution in [3.05, 3.63) is 118 Å². The molecule has 1 amide bonds. The van der Waals surface area contributed by atoms with Crippen LogP contribution in [0.2, 0.25) is 0 Å². The van der Waals surface area contributed by atoms with E-state index in [0.717, 1.165) is 16.9 Å². The molecule has 1 N–H and O–H groups in total. The van der Waals surface area contributed by atoms with E-state index in [2.05, 4.69) is 10.2 Å². The third kappa shape index (κ3) is 3.59. The lowest BCUT2D eigenvalue weighted by molar-refractivity contribution is -0.120. The van der Waals surface area contributed by atoms with Crippen LogP contribution in [0.3, 0.4) is 0 Å². The topological polar surface area (TPSA) is 70.5 Å². The standard InChI is InChI=1S/C27H24N4O2/c1-18-23(26(32)30(28-18)21-14-8-4-9-15-21)25(20-12-6-3-7-13-20)24-19(2)29-31(27(24)33)22-16-10-5-11-17-22/h3-17,23,25,29H,1-2H3. The number of hydrogen-bond donors (Lipinski definition) is 1. The smallest absolute Gasteiger partial charge is 0.275 e. The summed E-state index contributed by atoms with van der Waals surface area (Å²) in [6, 6.07) is 28.6. The maximum Gasteiger partial charge on any atom is 0.275 e. The second kappa shape index (κ2) is 8.39. The number of anilines is 1. The predicted molar refractivity (Wildman–Crippen MR) is 130 cm³/mol. The number of carbonyl (C=O) groups is 1. The van der Waals surface area contributed by atoms with Gasteiger partial charge in [-0.15, -0.1) is 0 Å². The summed E-state index contributed by atoms with van der Waals surface area (Å²) in [5.41, 5.74) is 4.20. The molecule has 0 saturated heterocycles. The second-order valence-corrected chi connectivity index (χ2v) is 8.22. The molecule has 0 radical (unpaired) electrons. The molecule has 1 aliphatic heterocycles. The van der Waals surface area contributed by atoms with Crippen LogP contribution in [0.5, 0.6) is 0 Å².